The first kappa shape index (κ1) is 98.1. The number of carbonyl (C=O) groups excluding carboxylic acids is 15. The molecule has 36 heteroatoms. The van der Waals surface area contributed by atoms with Gasteiger partial charge in [0, 0.05) is 101 Å². The third-order valence-electron chi connectivity index (χ3n) is 22.2. The van der Waals surface area contributed by atoms with Crippen LogP contribution >= 0.6 is 11.8 Å². The number of nitrogens with zero attached hydrogens (tertiary/aromatic N) is 5. The van der Waals surface area contributed by atoms with Crippen LogP contribution in [-0.4, -0.2) is 255 Å². The van der Waals surface area contributed by atoms with Crippen LogP contribution in [0.5, 0.6) is 5.75 Å². The molecular weight excluding hydrogens is 1660 g/mol. The molecule has 0 aliphatic carbocycles. The number of nitrogen functional groups attached to an aromatic ring is 1. The number of H-pyrrole nitrogens is 1. The summed E-state index contributed by atoms with van der Waals surface area (Å²) in [6.07, 6.45) is 0.254. The molecule has 1 aromatic heterocycles. The molecule has 2 aliphatic rings. The van der Waals surface area contributed by atoms with Crippen molar-refractivity contribution in [1.29, 1.82) is 0 Å². The molecule has 0 spiro atoms. The van der Waals surface area contributed by atoms with E-state index in [1.807, 2.05) is 6.92 Å². The molecule has 6 aromatic carbocycles. The number of para-hydroxylation sites is 1. The average molecular weight is 1780 g/mol. The molecule has 15 amide bonds. The SMILES string of the molecule is CCCC[C@H]1C(=O)N(C)CC(=O)N[C@@H](CC(=O)O)C(=O)N[C@@H](C(C)C)C(=O)N(C)[C@@H](Cc2ccccc2)C(=O)N[C@@H](Cc2ccc(N)cc2)C(=O)N(C)CC(=O)N[C@@H](Cc2c[nH]c3ccccc23)C(=O)N[C@@H](Cc2ccc(O)cc2)C(=O)N[C@@H](CC(C)C)C(=O)N[C@H](C(=O)NCC(N)=O)CSCC(=O)N[C@@H](Cc2ccccc2)C(=O)N(C)[C@H]2Cc3cccc(c3)N1C2=O. The van der Waals surface area contributed by atoms with Crippen LogP contribution < -0.4 is 64.2 Å². The molecule has 1 fully saturated rings. The monoisotopic (exact) mass is 1780 g/mol. The van der Waals surface area contributed by atoms with Gasteiger partial charge >= 0.3 is 5.97 Å². The lowest BCUT2D eigenvalue weighted by Crippen LogP contribution is -2.61. The lowest BCUT2D eigenvalue weighted by atomic mass is 9.98. The lowest BCUT2D eigenvalue weighted by Gasteiger charge is -2.37. The van der Waals surface area contributed by atoms with E-state index in [2.05, 4.69) is 52.8 Å². The van der Waals surface area contributed by atoms with Gasteiger partial charge in [-0.1, -0.05) is 163 Å². The van der Waals surface area contributed by atoms with E-state index in [-0.39, 0.29) is 74.5 Å². The minimum Gasteiger partial charge on any atom is -0.508 e. The van der Waals surface area contributed by atoms with Gasteiger partial charge in [0.05, 0.1) is 31.8 Å². The zero-order chi connectivity index (χ0) is 93.2. The number of hydrogen-bond acceptors (Lipinski definition) is 19. The molecule has 0 unspecified atom stereocenters. The van der Waals surface area contributed by atoms with E-state index in [4.69, 9.17) is 11.5 Å². The first-order valence-electron chi connectivity index (χ1n) is 42.4. The number of benzene rings is 6. The van der Waals surface area contributed by atoms with Gasteiger partial charge in [0.15, 0.2) is 0 Å². The first-order valence-corrected chi connectivity index (χ1v) is 43.6. The molecule has 1 saturated heterocycles. The van der Waals surface area contributed by atoms with Crippen molar-refractivity contribution < 1.29 is 86.9 Å². The number of carboxylic acids is 1. The van der Waals surface area contributed by atoms with Crippen LogP contribution in [0, 0.1) is 11.8 Å². The fourth-order valence-electron chi connectivity index (χ4n) is 15.3. The van der Waals surface area contributed by atoms with Crippen molar-refractivity contribution in [1.82, 2.24) is 72.4 Å². The maximum atomic E-state index is 15.7. The molecule has 682 valence electrons. The van der Waals surface area contributed by atoms with Crippen molar-refractivity contribution >= 4 is 129 Å². The number of phenols is 1. The Labute approximate surface area is 746 Å². The number of likely N-dealkylation sites (N-methyl/N-ethyl adjacent to an activating group) is 4. The minimum atomic E-state index is -1.90. The second-order valence-electron chi connectivity index (χ2n) is 33.1. The van der Waals surface area contributed by atoms with Crippen molar-refractivity contribution in [2.24, 2.45) is 17.6 Å². The van der Waals surface area contributed by atoms with Crippen molar-refractivity contribution in [2.75, 3.05) is 70.0 Å². The molecule has 16 N–H and O–H groups in total. The number of aromatic hydroxyl groups is 1. The number of rotatable bonds is 21. The van der Waals surface area contributed by atoms with Crippen LogP contribution in [0.2, 0.25) is 0 Å². The Morgan fingerprint density at radius 1 is 0.523 bits per heavy atom. The van der Waals surface area contributed by atoms with Gasteiger partial charge in [0.2, 0.25) is 82.7 Å². The molecule has 7 aromatic rings. The maximum Gasteiger partial charge on any atom is 0.305 e. The number of aromatic amines is 1. The summed E-state index contributed by atoms with van der Waals surface area (Å²) in [5.41, 5.74) is 16.0. The second kappa shape index (κ2) is 46.5. The number of primary amides is 1. The van der Waals surface area contributed by atoms with Gasteiger partial charge in [0.1, 0.15) is 72.2 Å². The van der Waals surface area contributed by atoms with Crippen molar-refractivity contribution in [3.63, 3.8) is 0 Å². The summed E-state index contributed by atoms with van der Waals surface area (Å²) in [4.78, 5) is 244. The van der Waals surface area contributed by atoms with E-state index in [1.165, 1.54) is 62.3 Å². The van der Waals surface area contributed by atoms with Gasteiger partial charge in [-0.3, -0.25) is 81.6 Å². The summed E-state index contributed by atoms with van der Waals surface area (Å²) in [6, 6.07) is 26.3. The minimum absolute atomic E-state index is 0.0222. The number of carboxylic acid groups (broad SMARTS) is 1. The first-order chi connectivity index (χ1) is 60.9. The Hall–Kier alpha value is -13.7. The highest BCUT2D eigenvalue weighted by Crippen LogP contribution is 2.31. The van der Waals surface area contributed by atoms with Gasteiger partial charge in [-0.2, -0.15) is 0 Å². The molecular formula is C92H115N17O18S. The number of nitrogens with one attached hydrogen (secondary N) is 10. The van der Waals surface area contributed by atoms with E-state index >= 15 is 38.4 Å². The topological polar surface area (TPSA) is 506 Å². The number of carbonyl (C=O) groups is 16. The van der Waals surface area contributed by atoms with E-state index in [0.29, 0.717) is 62.8 Å². The molecule has 0 saturated carbocycles. The number of hydrogen-bond donors (Lipinski definition) is 14. The number of anilines is 2. The second-order valence-corrected chi connectivity index (χ2v) is 34.1. The number of unbranched alkanes of at least 4 members (excludes halogenated alkanes) is 1. The summed E-state index contributed by atoms with van der Waals surface area (Å²) >= 11 is 0.836. The van der Waals surface area contributed by atoms with E-state index < -0.39 is 199 Å². The van der Waals surface area contributed by atoms with E-state index in [9.17, 15) is 48.6 Å². The summed E-state index contributed by atoms with van der Waals surface area (Å²) < 4.78 is 0. The zero-order valence-corrected chi connectivity index (χ0v) is 73.9. The van der Waals surface area contributed by atoms with Crippen LogP contribution in [0.4, 0.5) is 11.4 Å². The van der Waals surface area contributed by atoms with Crippen LogP contribution in [0.1, 0.15) is 100 Å². The number of aliphatic carboxylic acids is 1. The predicted octanol–water partition coefficient (Wildman–Crippen LogP) is 2.09. The summed E-state index contributed by atoms with van der Waals surface area (Å²) in [5.74, 6) is -17.1. The Balaban J connectivity index is 1.11. The largest absolute Gasteiger partial charge is 0.508 e. The molecule has 3 heterocycles. The van der Waals surface area contributed by atoms with Crippen molar-refractivity contribution in [3.8, 4) is 5.75 Å². The van der Waals surface area contributed by atoms with E-state index in [0.717, 1.165) is 26.5 Å². The summed E-state index contributed by atoms with van der Waals surface area (Å²) in [7, 11) is 5.23. The van der Waals surface area contributed by atoms with Gasteiger partial charge < -0.3 is 94.1 Å². The fraction of sp³-hybridized carbons (Fsp3) is 0.413. The molecule has 0 radical (unpaired) electrons. The molecule has 128 heavy (non-hydrogen) atoms. The molecule has 4 bridgehead atoms. The third-order valence-corrected chi connectivity index (χ3v) is 23.2. The number of thioether (sulfide) groups is 1. The zero-order valence-electron chi connectivity index (χ0n) is 73.1. The number of aromatic nitrogens is 1. The average Bonchev–Trinajstić information content (AvgIpc) is 1.67. The lowest BCUT2D eigenvalue weighted by molar-refractivity contribution is -0.145. The standard InChI is InChI=1S/C92H115N17O18S/c1-10-11-29-73-90(125)106(7)50-78(113)98-69(46-80(115)116)86(121)104-81(54(4)5)92(127)107(8)74(43-56-23-16-13-17-24-56)87(122)102-70(42-57-30-34-61(93)35-31-57)88(123)105(6)49-77(112)97-68(45-60-47-95-65-28-19-18-27-64(60)65)85(120)101-67(40-58-32-36-63(110)37-33-58)84(119)100-66(38-53(2)3)83(118)103-72(82(117)96-48-76(94)111)51-128-52-79(114)99-71(41-55-21-14-12-15-22-55)89(124)108(9)75-44-59-25-20-26-62(39-59)109(73)91(75)126/h12-28,30-37,39,47,53-54,66-75,81,95,110H,10-11,29,38,40-46,48-52,93H2,1-9H3,(H2,94,111)(H,96,117)(H,97,112)(H,98,113)(H,99,114)(H,100,119)(H,101,120)(H,102,122)(H,103,118)(H,104,121)(H,115,116)/t66-,67-,68-,69-,70-,71-,72-,73-,74-,75-,81-/m0/s1. The normalized spacial score (nSPS) is 22.2. The number of nitrogens with two attached hydrogens (primary N) is 2. The van der Waals surface area contributed by atoms with Crippen LogP contribution in [-0.2, 0) is 115 Å². The highest BCUT2D eigenvalue weighted by molar-refractivity contribution is 8.00. The van der Waals surface area contributed by atoms with Gasteiger partial charge in [-0.15, -0.1) is 11.8 Å². The Kier molecular flexibility index (Phi) is 35.7. The Morgan fingerprint density at radius 3 is 1.66 bits per heavy atom. The number of phenolic OH excluding ortho intramolecular Hbond substituents is 1. The quantitative estimate of drug-likeness (QED) is 0.0458. The highest BCUT2D eigenvalue weighted by atomic mass is 32.2. The van der Waals surface area contributed by atoms with Crippen LogP contribution in [0.25, 0.3) is 10.9 Å². The van der Waals surface area contributed by atoms with E-state index in [1.54, 1.807) is 167 Å². The number of amides is 15. The molecule has 2 aliphatic heterocycles. The fourth-order valence-corrected chi connectivity index (χ4v) is 16.2. The third kappa shape index (κ3) is 27.9. The van der Waals surface area contributed by atoms with Crippen LogP contribution in [0.15, 0.2) is 164 Å². The van der Waals surface area contributed by atoms with Crippen molar-refractivity contribution in [2.45, 2.75) is 172 Å². The smallest absolute Gasteiger partial charge is 0.305 e. The predicted molar refractivity (Wildman–Crippen MR) is 480 cm³/mol. The Bertz CT molecular complexity index is 5140. The molecule has 35 nitrogen and oxygen atoms in total. The number of fused-ring (bicyclic) bond motifs is 6. The summed E-state index contributed by atoms with van der Waals surface area (Å²) in [5, 5.41) is 45.4. The summed E-state index contributed by atoms with van der Waals surface area (Å²) in [6.45, 7) is 6.24. The van der Waals surface area contributed by atoms with Gasteiger partial charge in [-0.05, 0) is 101 Å². The Morgan fingerprint density at radius 2 is 1.05 bits per heavy atom. The van der Waals surface area contributed by atoms with Crippen LogP contribution in [0.3, 0.4) is 0 Å². The van der Waals surface area contributed by atoms with Gasteiger partial charge in [-0.25, -0.2) is 0 Å². The van der Waals surface area contributed by atoms with Crippen molar-refractivity contribution in [3.05, 3.63) is 197 Å². The highest BCUT2D eigenvalue weighted by Gasteiger charge is 2.44. The molecule has 9 rings (SSSR count). The van der Waals surface area contributed by atoms with Gasteiger partial charge in [0.25, 0.3) is 5.91 Å². The molecule has 11 atom stereocenters. The maximum absolute atomic E-state index is 15.7.